The molecule has 1 aliphatic rings. The molecule has 1 N–H and O–H groups in total. The van der Waals surface area contributed by atoms with Gasteiger partial charge in [-0.2, -0.15) is 0 Å². The van der Waals surface area contributed by atoms with Crippen molar-refractivity contribution in [2.24, 2.45) is 0 Å². The van der Waals surface area contributed by atoms with E-state index in [9.17, 15) is 14.4 Å². The Balaban J connectivity index is 2.64. The highest BCUT2D eigenvalue weighted by molar-refractivity contribution is 6.34. The summed E-state index contributed by atoms with van der Waals surface area (Å²) in [5.41, 5.74) is 6.97. The second kappa shape index (κ2) is 3.16. The van der Waals surface area contributed by atoms with Gasteiger partial charge in [-0.25, -0.2) is 0 Å². The summed E-state index contributed by atoms with van der Waals surface area (Å²) in [6.45, 7) is 0. The highest BCUT2D eigenvalue weighted by Crippen LogP contribution is 2.20. The first-order valence-electron chi connectivity index (χ1n) is 4.27. The van der Waals surface area contributed by atoms with Crippen molar-refractivity contribution in [3.63, 3.8) is 0 Å². The van der Waals surface area contributed by atoms with Crippen LogP contribution in [0.3, 0.4) is 0 Å². The Morgan fingerprint density at radius 3 is 2.27 bits per heavy atom. The number of carbonyl (C=O) groups excluding carboxylic acids is 3. The van der Waals surface area contributed by atoms with Crippen LogP contribution < -0.4 is 5.73 Å². The minimum atomic E-state index is -1.12. The number of carbonyl (C=O) groups is 3. The second-order valence-corrected chi connectivity index (χ2v) is 3.13. The van der Waals surface area contributed by atoms with Gasteiger partial charge >= 0.3 is 0 Å². The van der Waals surface area contributed by atoms with Gasteiger partial charge in [0.25, 0.3) is 5.91 Å². The summed E-state index contributed by atoms with van der Waals surface area (Å²) in [6, 6.07) is 6.26. The van der Waals surface area contributed by atoms with E-state index in [1.165, 1.54) is 12.1 Å². The molecule has 1 aromatic rings. The number of Topliss-reactive ketones (excluding diaryl/α,β-unsaturated/α-hetero) is 1. The number of fused-ring (bicyclic) bond motifs is 1. The highest BCUT2D eigenvalue weighted by atomic mass is 16.2. The molecule has 0 aliphatic heterocycles. The lowest BCUT2D eigenvalue weighted by atomic mass is 9.89. The molecule has 0 atom stereocenters. The van der Waals surface area contributed by atoms with E-state index in [0.29, 0.717) is 0 Å². The molecular formula is C11H6NO3. The van der Waals surface area contributed by atoms with Gasteiger partial charge in [0.15, 0.2) is 11.6 Å². The lowest BCUT2D eigenvalue weighted by molar-refractivity contribution is -0.114. The van der Waals surface area contributed by atoms with Crippen LogP contribution in [0.1, 0.15) is 20.7 Å². The van der Waals surface area contributed by atoms with Crippen molar-refractivity contribution >= 4 is 17.5 Å². The largest absolute Gasteiger partial charge is 0.289 e. The van der Waals surface area contributed by atoms with Gasteiger partial charge in [-0.05, 0) is 0 Å². The van der Waals surface area contributed by atoms with Crippen LogP contribution in [0.4, 0.5) is 0 Å². The van der Waals surface area contributed by atoms with Crippen molar-refractivity contribution in [1.29, 1.82) is 0 Å². The van der Waals surface area contributed by atoms with Crippen molar-refractivity contribution in [3.05, 3.63) is 47.0 Å². The topological polar surface area (TPSA) is 75.0 Å². The quantitative estimate of drug-likeness (QED) is 0.629. The van der Waals surface area contributed by atoms with Gasteiger partial charge < -0.3 is 0 Å². The molecule has 4 nitrogen and oxygen atoms in total. The fourth-order valence-electron chi connectivity index (χ4n) is 1.48. The van der Waals surface area contributed by atoms with Crippen LogP contribution in [0.15, 0.2) is 35.9 Å². The number of allylic oxidation sites excluding steroid dienone is 1. The van der Waals surface area contributed by atoms with Crippen molar-refractivity contribution in [1.82, 2.24) is 5.73 Å². The molecule has 4 heteroatoms. The van der Waals surface area contributed by atoms with Crippen molar-refractivity contribution in [2.75, 3.05) is 0 Å². The Morgan fingerprint density at radius 2 is 1.67 bits per heavy atom. The summed E-state index contributed by atoms with van der Waals surface area (Å²) >= 11 is 0. The second-order valence-electron chi connectivity index (χ2n) is 3.13. The van der Waals surface area contributed by atoms with Gasteiger partial charge in [0, 0.05) is 17.2 Å². The number of ketones is 2. The molecule has 0 spiro atoms. The monoisotopic (exact) mass is 200 g/mol. The fourth-order valence-corrected chi connectivity index (χ4v) is 1.48. The first kappa shape index (κ1) is 9.33. The zero-order chi connectivity index (χ0) is 11.0. The number of nitrogens with one attached hydrogen (secondary N) is 1. The summed E-state index contributed by atoms with van der Waals surface area (Å²) in [5.74, 6) is -2.08. The van der Waals surface area contributed by atoms with E-state index in [4.69, 9.17) is 5.73 Å². The van der Waals surface area contributed by atoms with Crippen molar-refractivity contribution in [3.8, 4) is 0 Å². The van der Waals surface area contributed by atoms with Crippen LogP contribution >= 0.6 is 0 Å². The Labute approximate surface area is 85.4 Å². The molecule has 0 fully saturated rings. The number of benzene rings is 1. The molecule has 0 heterocycles. The van der Waals surface area contributed by atoms with Crippen LogP contribution in [-0.2, 0) is 4.79 Å². The number of hydrogen-bond donors (Lipinski definition) is 0. The van der Waals surface area contributed by atoms with E-state index in [-0.39, 0.29) is 16.7 Å². The lowest BCUT2D eigenvalue weighted by Crippen LogP contribution is -2.22. The van der Waals surface area contributed by atoms with Gasteiger partial charge in [0.1, 0.15) is 0 Å². The zero-order valence-corrected chi connectivity index (χ0v) is 7.61. The van der Waals surface area contributed by atoms with E-state index < -0.39 is 17.5 Å². The van der Waals surface area contributed by atoms with E-state index >= 15 is 0 Å². The predicted molar refractivity (Wildman–Crippen MR) is 51.3 cm³/mol. The average Bonchev–Trinajstić information content (AvgIpc) is 2.23. The van der Waals surface area contributed by atoms with Crippen LogP contribution in [-0.4, -0.2) is 17.5 Å². The molecule has 1 amide bonds. The molecule has 1 radical (unpaired) electrons. The summed E-state index contributed by atoms with van der Waals surface area (Å²) in [4.78, 5) is 33.9. The molecule has 0 saturated heterocycles. The highest BCUT2D eigenvalue weighted by Gasteiger charge is 2.27. The molecule has 15 heavy (non-hydrogen) atoms. The first-order valence-corrected chi connectivity index (χ1v) is 4.27. The maximum absolute atomic E-state index is 11.6. The van der Waals surface area contributed by atoms with Gasteiger partial charge in [-0.3, -0.25) is 20.1 Å². The Hall–Kier alpha value is -2.23. The predicted octanol–water partition coefficient (Wildman–Crippen LogP) is 0.802. The molecule has 0 aromatic heterocycles. The normalized spacial score (nSPS) is 14.5. The molecule has 0 unspecified atom stereocenters. The van der Waals surface area contributed by atoms with Crippen LogP contribution in [0.25, 0.3) is 0 Å². The van der Waals surface area contributed by atoms with Crippen LogP contribution in [0.2, 0.25) is 0 Å². The number of rotatable bonds is 1. The zero-order valence-electron chi connectivity index (χ0n) is 7.61. The SMILES string of the molecule is [NH]C(=O)C1=CC(=O)c2ccccc2C1=O. The Bertz CT molecular complexity index is 514. The molecule has 2 rings (SSSR count). The van der Waals surface area contributed by atoms with Crippen molar-refractivity contribution < 1.29 is 14.4 Å². The molecule has 1 aliphatic carbocycles. The smallest absolute Gasteiger partial charge is 0.273 e. The number of amides is 1. The van der Waals surface area contributed by atoms with Gasteiger partial charge in [-0.1, -0.05) is 24.3 Å². The van der Waals surface area contributed by atoms with Gasteiger partial charge in [0.05, 0.1) is 5.57 Å². The maximum Gasteiger partial charge on any atom is 0.273 e. The van der Waals surface area contributed by atoms with E-state index in [2.05, 4.69) is 0 Å². The minimum Gasteiger partial charge on any atom is -0.289 e. The molecule has 0 bridgehead atoms. The van der Waals surface area contributed by atoms with E-state index in [1.54, 1.807) is 12.1 Å². The molecule has 73 valence electrons. The van der Waals surface area contributed by atoms with E-state index in [1.807, 2.05) is 0 Å². The standard InChI is InChI=1S/C11H6NO3/c12-11(15)8-5-9(13)6-3-1-2-4-7(6)10(8)14/h1-5,12H. The summed E-state index contributed by atoms with van der Waals surface area (Å²) in [6.07, 6.45) is 0.931. The lowest BCUT2D eigenvalue weighted by Gasteiger charge is -2.11. The third-order valence-electron chi connectivity index (χ3n) is 2.20. The Morgan fingerprint density at radius 1 is 1.07 bits per heavy atom. The average molecular weight is 200 g/mol. The molecule has 1 aromatic carbocycles. The van der Waals surface area contributed by atoms with Crippen LogP contribution in [0.5, 0.6) is 0 Å². The summed E-state index contributed by atoms with van der Waals surface area (Å²) < 4.78 is 0. The number of hydrogen-bond acceptors (Lipinski definition) is 3. The fraction of sp³-hybridized carbons (Fsp3) is 0. The van der Waals surface area contributed by atoms with E-state index in [0.717, 1.165) is 6.08 Å². The molecule has 0 saturated carbocycles. The first-order chi connectivity index (χ1) is 7.11. The van der Waals surface area contributed by atoms with Crippen molar-refractivity contribution in [2.45, 2.75) is 0 Å². The summed E-state index contributed by atoms with van der Waals surface area (Å²) in [7, 11) is 0. The van der Waals surface area contributed by atoms with Gasteiger partial charge in [0.2, 0.25) is 0 Å². The summed E-state index contributed by atoms with van der Waals surface area (Å²) in [5, 5.41) is 0. The van der Waals surface area contributed by atoms with Crippen LogP contribution in [0, 0.1) is 0 Å². The minimum absolute atomic E-state index is 0.195. The van der Waals surface area contributed by atoms with Gasteiger partial charge in [-0.15, -0.1) is 0 Å². The molecular weight excluding hydrogens is 194 g/mol. The third kappa shape index (κ3) is 1.36. The maximum atomic E-state index is 11.6. The third-order valence-corrected chi connectivity index (χ3v) is 2.20. The Kier molecular flexibility index (Phi) is 1.97.